The van der Waals surface area contributed by atoms with Crippen molar-refractivity contribution < 1.29 is 4.79 Å². The second kappa shape index (κ2) is 4.36. The molecule has 0 amide bonds. The molecule has 1 aliphatic carbocycles. The fraction of sp³-hybridized carbons (Fsp3) is 0.500. The largest absolute Gasteiger partial charge is 0.292 e. The van der Waals surface area contributed by atoms with Gasteiger partial charge in [0.2, 0.25) is 0 Å². The Hall–Kier alpha value is -1.18. The van der Waals surface area contributed by atoms with Gasteiger partial charge in [-0.1, -0.05) is 19.3 Å². The third kappa shape index (κ3) is 2.00. The van der Waals surface area contributed by atoms with Crippen LogP contribution in [0.3, 0.4) is 0 Å². The molecule has 0 aromatic carbocycles. The van der Waals surface area contributed by atoms with E-state index in [1.54, 1.807) is 18.3 Å². The van der Waals surface area contributed by atoms with Gasteiger partial charge in [-0.3, -0.25) is 9.78 Å². The Bertz CT molecular complexity index is 301. The number of ketones is 1. The van der Waals surface area contributed by atoms with Crippen LogP contribution in [-0.2, 0) is 0 Å². The van der Waals surface area contributed by atoms with Crippen molar-refractivity contribution in [3.63, 3.8) is 0 Å². The standard InChI is InChI=1S/C12H14NO/c14-12(10-6-2-1-3-7-10)11-8-4-5-9-13-11/h5,8-10H,1-3,6-7H2. The summed E-state index contributed by atoms with van der Waals surface area (Å²) in [6.07, 6.45) is 7.36. The average molecular weight is 188 g/mol. The predicted molar refractivity (Wildman–Crippen MR) is 54.0 cm³/mol. The van der Waals surface area contributed by atoms with E-state index < -0.39 is 0 Å². The summed E-state index contributed by atoms with van der Waals surface area (Å²) in [6, 6.07) is 6.31. The molecule has 73 valence electrons. The minimum atomic E-state index is 0.210. The summed E-state index contributed by atoms with van der Waals surface area (Å²) in [7, 11) is 0. The fourth-order valence-corrected chi connectivity index (χ4v) is 2.03. The van der Waals surface area contributed by atoms with Crippen LogP contribution < -0.4 is 0 Å². The monoisotopic (exact) mass is 188 g/mol. The lowest BCUT2D eigenvalue weighted by molar-refractivity contribution is 0.0884. The van der Waals surface area contributed by atoms with Gasteiger partial charge in [0.25, 0.3) is 0 Å². The molecule has 2 heteroatoms. The van der Waals surface area contributed by atoms with E-state index in [-0.39, 0.29) is 11.7 Å². The van der Waals surface area contributed by atoms with Crippen molar-refractivity contribution in [2.24, 2.45) is 5.92 Å². The summed E-state index contributed by atoms with van der Waals surface area (Å²) in [4.78, 5) is 16.0. The van der Waals surface area contributed by atoms with E-state index in [9.17, 15) is 4.79 Å². The molecule has 1 heterocycles. The summed E-state index contributed by atoms with van der Waals surface area (Å²) in [6.45, 7) is 0. The van der Waals surface area contributed by atoms with E-state index >= 15 is 0 Å². The van der Waals surface area contributed by atoms with Crippen molar-refractivity contribution in [3.05, 3.63) is 30.1 Å². The molecular weight excluding hydrogens is 174 g/mol. The van der Waals surface area contributed by atoms with Gasteiger partial charge < -0.3 is 0 Å². The molecule has 0 N–H and O–H groups in total. The van der Waals surface area contributed by atoms with Gasteiger partial charge in [0, 0.05) is 12.1 Å². The van der Waals surface area contributed by atoms with Gasteiger partial charge >= 0.3 is 0 Å². The maximum absolute atomic E-state index is 11.9. The molecule has 2 nitrogen and oxygen atoms in total. The molecule has 14 heavy (non-hydrogen) atoms. The van der Waals surface area contributed by atoms with Crippen molar-refractivity contribution in [2.45, 2.75) is 32.1 Å². The lowest BCUT2D eigenvalue weighted by atomic mass is 9.85. The predicted octanol–water partition coefficient (Wildman–Crippen LogP) is 2.64. The molecule has 1 saturated carbocycles. The van der Waals surface area contributed by atoms with E-state index in [1.165, 1.54) is 19.3 Å². The maximum Gasteiger partial charge on any atom is 0.184 e. The summed E-state index contributed by atoms with van der Waals surface area (Å²) in [5.74, 6) is 0.425. The topological polar surface area (TPSA) is 30.0 Å². The summed E-state index contributed by atoms with van der Waals surface area (Å²) >= 11 is 0. The van der Waals surface area contributed by atoms with Crippen LogP contribution in [0.2, 0.25) is 0 Å². The van der Waals surface area contributed by atoms with E-state index in [4.69, 9.17) is 0 Å². The van der Waals surface area contributed by atoms with Gasteiger partial charge in [-0.05, 0) is 31.0 Å². The number of carbonyl (C=O) groups excluding carboxylic acids is 1. The van der Waals surface area contributed by atoms with E-state index in [1.807, 2.05) is 0 Å². The molecule has 0 bridgehead atoms. The average Bonchev–Trinajstić information content (AvgIpc) is 2.30. The SMILES string of the molecule is O=C(c1c[c]ccn1)C1CCCCC1. The molecule has 1 fully saturated rings. The molecule has 1 aliphatic rings. The van der Waals surface area contributed by atoms with Gasteiger partial charge in [-0.15, -0.1) is 0 Å². The highest BCUT2D eigenvalue weighted by molar-refractivity contribution is 5.95. The Balaban J connectivity index is 2.07. The van der Waals surface area contributed by atoms with E-state index in [2.05, 4.69) is 11.1 Å². The van der Waals surface area contributed by atoms with Gasteiger partial charge in [0.1, 0.15) is 5.69 Å². The van der Waals surface area contributed by atoms with Crippen molar-refractivity contribution in [1.82, 2.24) is 4.98 Å². The van der Waals surface area contributed by atoms with Crippen LogP contribution in [-0.4, -0.2) is 10.8 Å². The van der Waals surface area contributed by atoms with Crippen molar-refractivity contribution >= 4 is 5.78 Å². The number of Topliss-reactive ketones (excluding diaryl/α,β-unsaturated/α-hetero) is 1. The highest BCUT2D eigenvalue weighted by atomic mass is 16.1. The molecule has 0 saturated heterocycles. The number of hydrogen-bond donors (Lipinski definition) is 0. The molecule has 1 aromatic heterocycles. The zero-order chi connectivity index (χ0) is 9.80. The van der Waals surface area contributed by atoms with Crippen LogP contribution in [0.1, 0.15) is 42.6 Å². The van der Waals surface area contributed by atoms with Crippen LogP contribution >= 0.6 is 0 Å². The number of hydrogen-bond acceptors (Lipinski definition) is 2. The normalized spacial score (nSPS) is 18.0. The quantitative estimate of drug-likeness (QED) is 0.668. The Labute approximate surface area is 84.4 Å². The molecule has 0 aliphatic heterocycles. The Morgan fingerprint density at radius 1 is 1.36 bits per heavy atom. The fourth-order valence-electron chi connectivity index (χ4n) is 2.03. The Morgan fingerprint density at radius 3 is 2.79 bits per heavy atom. The first-order chi connectivity index (χ1) is 6.88. The molecular formula is C12H14NO. The first-order valence-corrected chi connectivity index (χ1v) is 5.24. The van der Waals surface area contributed by atoms with Crippen LogP contribution in [0.4, 0.5) is 0 Å². The number of nitrogens with zero attached hydrogens (tertiary/aromatic N) is 1. The van der Waals surface area contributed by atoms with Gasteiger partial charge in [-0.25, -0.2) is 0 Å². The van der Waals surface area contributed by atoms with E-state index in [0.29, 0.717) is 5.69 Å². The van der Waals surface area contributed by atoms with E-state index in [0.717, 1.165) is 12.8 Å². The first kappa shape index (κ1) is 9.38. The lowest BCUT2D eigenvalue weighted by Gasteiger charge is -2.19. The number of rotatable bonds is 2. The second-order valence-electron chi connectivity index (χ2n) is 3.84. The highest BCUT2D eigenvalue weighted by Crippen LogP contribution is 2.26. The van der Waals surface area contributed by atoms with Crippen molar-refractivity contribution in [3.8, 4) is 0 Å². The maximum atomic E-state index is 11.9. The van der Waals surface area contributed by atoms with Crippen LogP contribution in [0.25, 0.3) is 0 Å². The zero-order valence-corrected chi connectivity index (χ0v) is 8.20. The van der Waals surface area contributed by atoms with Gasteiger partial charge in [0.05, 0.1) is 0 Å². The zero-order valence-electron chi connectivity index (χ0n) is 8.20. The summed E-state index contributed by atoms with van der Waals surface area (Å²) in [5, 5.41) is 0. The van der Waals surface area contributed by atoms with Crippen LogP contribution in [0.5, 0.6) is 0 Å². The molecule has 1 aromatic rings. The molecule has 0 atom stereocenters. The van der Waals surface area contributed by atoms with Gasteiger partial charge in [0.15, 0.2) is 5.78 Å². The minimum absolute atomic E-state index is 0.210. The third-order valence-corrected chi connectivity index (χ3v) is 2.83. The molecule has 1 radical (unpaired) electrons. The number of carbonyl (C=O) groups is 1. The molecule has 2 rings (SSSR count). The second-order valence-corrected chi connectivity index (χ2v) is 3.84. The summed E-state index contributed by atoms with van der Waals surface area (Å²) in [5.41, 5.74) is 0.583. The van der Waals surface area contributed by atoms with Gasteiger partial charge in [-0.2, -0.15) is 0 Å². The third-order valence-electron chi connectivity index (χ3n) is 2.83. The first-order valence-electron chi connectivity index (χ1n) is 5.24. The molecule has 0 spiro atoms. The Morgan fingerprint density at radius 2 is 2.14 bits per heavy atom. The van der Waals surface area contributed by atoms with Crippen LogP contribution in [0, 0.1) is 12.0 Å². The van der Waals surface area contributed by atoms with Crippen molar-refractivity contribution in [2.75, 3.05) is 0 Å². The minimum Gasteiger partial charge on any atom is -0.292 e. The summed E-state index contributed by atoms with van der Waals surface area (Å²) < 4.78 is 0. The highest BCUT2D eigenvalue weighted by Gasteiger charge is 2.22. The smallest absolute Gasteiger partial charge is 0.184 e. The van der Waals surface area contributed by atoms with Crippen molar-refractivity contribution in [1.29, 1.82) is 0 Å². The Kier molecular flexibility index (Phi) is 2.92. The number of pyridine rings is 1. The van der Waals surface area contributed by atoms with Crippen LogP contribution in [0.15, 0.2) is 18.3 Å². The lowest BCUT2D eigenvalue weighted by Crippen LogP contribution is -2.18. The number of aromatic nitrogens is 1. The molecule has 0 unspecified atom stereocenters.